The Balaban J connectivity index is 1.85. The van der Waals surface area contributed by atoms with Crippen molar-refractivity contribution >= 4 is 12.1 Å². The number of amides is 1. The van der Waals surface area contributed by atoms with Gasteiger partial charge in [-0.3, -0.25) is 0 Å². The third-order valence-electron chi connectivity index (χ3n) is 3.43. The van der Waals surface area contributed by atoms with Crippen LogP contribution in [0, 0.1) is 0 Å². The number of hydrogen-bond donors (Lipinski definition) is 1. The molecule has 1 aromatic carbocycles. The lowest BCUT2D eigenvalue weighted by atomic mass is 9.77. The standard InChI is InChI=1S/C15H19NO4/c1-2-19-13(17)15(9-6-10-15)16-14(18)20-11-12-7-4-3-5-8-12/h3-5,7-8H,2,6,9-11H2,1H3,(H,16,18). The summed E-state index contributed by atoms with van der Waals surface area (Å²) in [5, 5.41) is 2.65. The fraction of sp³-hybridized carbons (Fsp3) is 0.467. The van der Waals surface area contributed by atoms with Crippen molar-refractivity contribution in [2.24, 2.45) is 0 Å². The van der Waals surface area contributed by atoms with Crippen molar-refractivity contribution in [3.63, 3.8) is 0 Å². The molecule has 5 nitrogen and oxygen atoms in total. The van der Waals surface area contributed by atoms with Crippen molar-refractivity contribution in [2.75, 3.05) is 6.61 Å². The van der Waals surface area contributed by atoms with E-state index >= 15 is 0 Å². The Bertz CT molecular complexity index is 468. The Hall–Kier alpha value is -2.04. The molecule has 1 aliphatic rings. The number of alkyl carbamates (subject to hydrolysis) is 1. The normalized spacial score (nSPS) is 15.8. The van der Waals surface area contributed by atoms with Gasteiger partial charge in [0.1, 0.15) is 12.1 Å². The summed E-state index contributed by atoms with van der Waals surface area (Å²) in [5.41, 5.74) is 0.0190. The Labute approximate surface area is 118 Å². The molecule has 1 aromatic rings. The molecule has 2 rings (SSSR count). The smallest absolute Gasteiger partial charge is 0.408 e. The predicted octanol–water partition coefficient (Wildman–Crippen LogP) is 2.40. The molecule has 1 N–H and O–H groups in total. The van der Waals surface area contributed by atoms with Gasteiger partial charge in [-0.05, 0) is 31.7 Å². The highest BCUT2D eigenvalue weighted by Crippen LogP contribution is 2.33. The lowest BCUT2D eigenvalue weighted by Crippen LogP contribution is -2.59. The summed E-state index contributed by atoms with van der Waals surface area (Å²) in [6.07, 6.45) is 1.53. The summed E-state index contributed by atoms with van der Waals surface area (Å²) in [7, 11) is 0. The molecule has 0 spiro atoms. The minimum atomic E-state index is -0.885. The number of hydrogen-bond acceptors (Lipinski definition) is 4. The van der Waals surface area contributed by atoms with Crippen LogP contribution in [-0.2, 0) is 20.9 Å². The van der Waals surface area contributed by atoms with E-state index in [0.29, 0.717) is 19.4 Å². The van der Waals surface area contributed by atoms with E-state index < -0.39 is 11.6 Å². The number of rotatable bonds is 5. The third kappa shape index (κ3) is 3.29. The number of carbonyl (C=O) groups excluding carboxylic acids is 2. The third-order valence-corrected chi connectivity index (χ3v) is 3.43. The first-order valence-corrected chi connectivity index (χ1v) is 6.82. The second-order valence-electron chi connectivity index (χ2n) is 4.84. The first-order valence-electron chi connectivity index (χ1n) is 6.82. The molecule has 0 saturated heterocycles. The van der Waals surface area contributed by atoms with Crippen LogP contribution in [0.5, 0.6) is 0 Å². The maximum atomic E-state index is 11.9. The highest BCUT2D eigenvalue weighted by atomic mass is 16.6. The van der Waals surface area contributed by atoms with Gasteiger partial charge in [0.2, 0.25) is 0 Å². The van der Waals surface area contributed by atoms with Crippen molar-refractivity contribution in [1.82, 2.24) is 5.32 Å². The molecule has 0 radical (unpaired) electrons. The van der Waals surface area contributed by atoms with Crippen LogP contribution in [0.1, 0.15) is 31.7 Å². The van der Waals surface area contributed by atoms with E-state index in [1.807, 2.05) is 30.3 Å². The van der Waals surface area contributed by atoms with Gasteiger partial charge in [-0.15, -0.1) is 0 Å². The van der Waals surface area contributed by atoms with Crippen molar-refractivity contribution < 1.29 is 19.1 Å². The van der Waals surface area contributed by atoms with Crippen LogP contribution in [0.25, 0.3) is 0 Å². The van der Waals surface area contributed by atoms with Crippen LogP contribution in [0.4, 0.5) is 4.79 Å². The summed E-state index contributed by atoms with van der Waals surface area (Å²) in [4.78, 5) is 23.7. The van der Waals surface area contributed by atoms with E-state index in [4.69, 9.17) is 9.47 Å². The number of esters is 1. The topological polar surface area (TPSA) is 64.6 Å². The van der Waals surface area contributed by atoms with Gasteiger partial charge in [-0.1, -0.05) is 30.3 Å². The second-order valence-corrected chi connectivity index (χ2v) is 4.84. The Morgan fingerprint density at radius 2 is 1.90 bits per heavy atom. The molecule has 5 heteroatoms. The molecule has 1 aliphatic carbocycles. The molecule has 0 bridgehead atoms. The van der Waals surface area contributed by atoms with Crippen molar-refractivity contribution in [3.05, 3.63) is 35.9 Å². The fourth-order valence-electron chi connectivity index (χ4n) is 2.13. The molecule has 0 atom stereocenters. The minimum Gasteiger partial charge on any atom is -0.464 e. The Morgan fingerprint density at radius 1 is 1.20 bits per heavy atom. The minimum absolute atomic E-state index is 0.186. The van der Waals surface area contributed by atoms with Gasteiger partial charge in [0, 0.05) is 0 Å². The highest BCUT2D eigenvalue weighted by Gasteiger charge is 2.47. The molecular formula is C15H19NO4. The van der Waals surface area contributed by atoms with E-state index in [1.54, 1.807) is 6.92 Å². The van der Waals surface area contributed by atoms with E-state index in [0.717, 1.165) is 12.0 Å². The highest BCUT2D eigenvalue weighted by molar-refractivity contribution is 5.86. The van der Waals surface area contributed by atoms with Crippen molar-refractivity contribution in [1.29, 1.82) is 0 Å². The summed E-state index contributed by atoms with van der Waals surface area (Å²) < 4.78 is 10.1. The van der Waals surface area contributed by atoms with Crippen molar-refractivity contribution in [2.45, 2.75) is 38.3 Å². The molecular weight excluding hydrogens is 258 g/mol. The maximum Gasteiger partial charge on any atom is 0.408 e. The zero-order valence-electron chi connectivity index (χ0n) is 11.6. The van der Waals surface area contributed by atoms with Crippen LogP contribution in [0.15, 0.2) is 30.3 Å². The zero-order chi connectivity index (χ0) is 14.4. The molecule has 20 heavy (non-hydrogen) atoms. The van der Waals surface area contributed by atoms with Gasteiger partial charge < -0.3 is 14.8 Å². The van der Waals surface area contributed by atoms with E-state index in [1.165, 1.54) is 0 Å². The molecule has 0 aromatic heterocycles. The maximum absolute atomic E-state index is 11.9. The van der Waals surface area contributed by atoms with Crippen LogP contribution >= 0.6 is 0 Å². The van der Waals surface area contributed by atoms with E-state index in [9.17, 15) is 9.59 Å². The first kappa shape index (κ1) is 14.4. The zero-order valence-corrected chi connectivity index (χ0v) is 11.6. The van der Waals surface area contributed by atoms with Gasteiger partial charge >= 0.3 is 12.1 Å². The average Bonchev–Trinajstić information content (AvgIpc) is 2.42. The summed E-state index contributed by atoms with van der Waals surface area (Å²) in [6.45, 7) is 2.24. The van der Waals surface area contributed by atoms with E-state index in [2.05, 4.69) is 5.32 Å². The molecule has 108 valence electrons. The molecule has 1 fully saturated rings. The molecule has 1 saturated carbocycles. The summed E-state index contributed by atoms with van der Waals surface area (Å²) in [6, 6.07) is 9.40. The molecule has 0 heterocycles. The number of ether oxygens (including phenoxy) is 2. The van der Waals surface area contributed by atoms with Crippen LogP contribution in [0.2, 0.25) is 0 Å². The largest absolute Gasteiger partial charge is 0.464 e. The quantitative estimate of drug-likeness (QED) is 0.839. The fourth-order valence-corrected chi connectivity index (χ4v) is 2.13. The average molecular weight is 277 g/mol. The predicted molar refractivity (Wildman–Crippen MR) is 73.0 cm³/mol. The van der Waals surface area contributed by atoms with Gasteiger partial charge in [0.15, 0.2) is 0 Å². The van der Waals surface area contributed by atoms with E-state index in [-0.39, 0.29) is 12.6 Å². The van der Waals surface area contributed by atoms with Gasteiger partial charge in [0.05, 0.1) is 6.61 Å². The Morgan fingerprint density at radius 3 is 2.45 bits per heavy atom. The van der Waals surface area contributed by atoms with Crippen LogP contribution in [-0.4, -0.2) is 24.2 Å². The molecule has 1 amide bonds. The Kier molecular flexibility index (Phi) is 4.61. The summed E-state index contributed by atoms with van der Waals surface area (Å²) in [5.74, 6) is -0.372. The number of benzene rings is 1. The lowest BCUT2D eigenvalue weighted by molar-refractivity contribution is -0.154. The summed E-state index contributed by atoms with van der Waals surface area (Å²) >= 11 is 0. The van der Waals surface area contributed by atoms with Gasteiger partial charge in [-0.2, -0.15) is 0 Å². The number of nitrogens with one attached hydrogen (secondary N) is 1. The van der Waals surface area contributed by atoms with Crippen LogP contribution in [0.3, 0.4) is 0 Å². The van der Waals surface area contributed by atoms with Gasteiger partial charge in [-0.25, -0.2) is 9.59 Å². The second kappa shape index (κ2) is 6.41. The lowest BCUT2D eigenvalue weighted by Gasteiger charge is -2.39. The van der Waals surface area contributed by atoms with Crippen molar-refractivity contribution in [3.8, 4) is 0 Å². The van der Waals surface area contributed by atoms with Crippen LogP contribution < -0.4 is 5.32 Å². The monoisotopic (exact) mass is 277 g/mol. The molecule has 0 unspecified atom stereocenters. The molecule has 0 aliphatic heterocycles. The first-order chi connectivity index (χ1) is 9.66. The number of carbonyl (C=O) groups is 2. The van der Waals surface area contributed by atoms with Gasteiger partial charge in [0.25, 0.3) is 0 Å². The SMILES string of the molecule is CCOC(=O)C1(NC(=O)OCc2ccccc2)CCC1.